The van der Waals surface area contributed by atoms with E-state index in [2.05, 4.69) is 11.9 Å². The lowest BCUT2D eigenvalue weighted by atomic mass is 9.99. The maximum Gasteiger partial charge on any atom is 0.273 e. The van der Waals surface area contributed by atoms with E-state index < -0.39 is 0 Å². The molecule has 0 saturated carbocycles. The number of piperidine rings is 1. The zero-order chi connectivity index (χ0) is 11.7. The fourth-order valence-corrected chi connectivity index (χ4v) is 2.90. The van der Waals surface area contributed by atoms with Gasteiger partial charge in [0, 0.05) is 18.0 Å². The highest BCUT2D eigenvalue weighted by atomic mass is 32.1. The van der Waals surface area contributed by atoms with E-state index in [1.54, 1.807) is 11.3 Å². The van der Waals surface area contributed by atoms with Gasteiger partial charge in [0.05, 0.1) is 5.01 Å². The number of carbonyl (C=O) groups is 1. The third kappa shape index (κ3) is 2.26. The minimum absolute atomic E-state index is 0.119. The smallest absolute Gasteiger partial charge is 0.273 e. The highest BCUT2D eigenvalue weighted by Gasteiger charge is 2.24. The van der Waals surface area contributed by atoms with Crippen LogP contribution in [0.25, 0.3) is 0 Å². The predicted octanol–water partition coefficient (Wildman–Crippen LogP) is 2.63. The Morgan fingerprint density at radius 1 is 1.38 bits per heavy atom. The molecule has 0 radical (unpaired) electrons. The predicted molar refractivity (Wildman–Crippen MR) is 65.9 cm³/mol. The quantitative estimate of drug-likeness (QED) is 0.753. The van der Waals surface area contributed by atoms with E-state index in [1.165, 1.54) is 0 Å². The van der Waals surface area contributed by atoms with E-state index in [0.29, 0.717) is 5.69 Å². The molecule has 1 aromatic rings. The monoisotopic (exact) mass is 238 g/mol. The Kier molecular flexibility index (Phi) is 3.28. The van der Waals surface area contributed by atoms with Gasteiger partial charge in [0.15, 0.2) is 0 Å². The van der Waals surface area contributed by atoms with Crippen molar-refractivity contribution in [1.29, 1.82) is 0 Å². The average Bonchev–Trinajstić information content (AvgIpc) is 2.58. The van der Waals surface area contributed by atoms with Crippen molar-refractivity contribution in [1.82, 2.24) is 9.88 Å². The van der Waals surface area contributed by atoms with Gasteiger partial charge in [-0.05, 0) is 32.6 Å². The summed E-state index contributed by atoms with van der Waals surface area (Å²) in [7, 11) is 0. The number of carbonyl (C=O) groups excluding carboxylic acids is 1. The van der Waals surface area contributed by atoms with Gasteiger partial charge in [-0.3, -0.25) is 4.79 Å². The second kappa shape index (κ2) is 4.53. The molecule has 1 saturated heterocycles. The van der Waals surface area contributed by atoms with Crippen LogP contribution in [0.4, 0.5) is 0 Å². The van der Waals surface area contributed by atoms with Crippen LogP contribution < -0.4 is 0 Å². The number of likely N-dealkylation sites (tertiary alicyclic amines) is 1. The molecular weight excluding hydrogens is 220 g/mol. The highest BCUT2D eigenvalue weighted by molar-refractivity contribution is 7.11. The Morgan fingerprint density at radius 2 is 2.00 bits per heavy atom. The summed E-state index contributed by atoms with van der Waals surface area (Å²) in [6, 6.07) is 0. The molecule has 88 valence electrons. The molecule has 1 aromatic heterocycles. The van der Waals surface area contributed by atoms with Crippen molar-refractivity contribution in [2.75, 3.05) is 13.1 Å². The van der Waals surface area contributed by atoms with E-state index in [-0.39, 0.29) is 5.91 Å². The van der Waals surface area contributed by atoms with Crippen molar-refractivity contribution in [3.8, 4) is 0 Å². The van der Waals surface area contributed by atoms with Crippen molar-refractivity contribution in [3.05, 3.63) is 15.6 Å². The molecule has 2 heterocycles. The van der Waals surface area contributed by atoms with Gasteiger partial charge in [0.1, 0.15) is 5.69 Å². The number of rotatable bonds is 1. The van der Waals surface area contributed by atoms with Gasteiger partial charge in [-0.25, -0.2) is 4.98 Å². The van der Waals surface area contributed by atoms with Gasteiger partial charge >= 0.3 is 0 Å². The van der Waals surface area contributed by atoms with Crippen molar-refractivity contribution in [3.63, 3.8) is 0 Å². The van der Waals surface area contributed by atoms with Crippen molar-refractivity contribution in [2.24, 2.45) is 5.92 Å². The lowest BCUT2D eigenvalue weighted by Gasteiger charge is -2.29. The molecule has 0 bridgehead atoms. The number of amides is 1. The first-order valence-corrected chi connectivity index (χ1v) is 6.63. The summed E-state index contributed by atoms with van der Waals surface area (Å²) in [5.74, 6) is 0.871. The molecule has 0 atom stereocenters. The fraction of sp³-hybridized carbons (Fsp3) is 0.667. The minimum Gasteiger partial charge on any atom is -0.337 e. The zero-order valence-electron chi connectivity index (χ0n) is 10.1. The molecule has 1 amide bonds. The summed E-state index contributed by atoms with van der Waals surface area (Å²) >= 11 is 1.60. The SMILES string of the molecule is Cc1nc(C(=O)N2CCC(C)CC2)c(C)s1. The Bertz CT molecular complexity index is 392. The second-order valence-electron chi connectivity index (χ2n) is 4.61. The standard InChI is InChI=1S/C12H18N2OS/c1-8-4-6-14(7-5-8)12(15)11-9(2)16-10(3)13-11/h8H,4-7H2,1-3H3. The molecule has 3 nitrogen and oxygen atoms in total. The van der Waals surface area contributed by atoms with Gasteiger partial charge < -0.3 is 4.90 Å². The number of aromatic nitrogens is 1. The van der Waals surface area contributed by atoms with Gasteiger partial charge in [0.2, 0.25) is 0 Å². The normalized spacial score (nSPS) is 17.8. The van der Waals surface area contributed by atoms with Crippen molar-refractivity contribution in [2.45, 2.75) is 33.6 Å². The third-order valence-corrected chi connectivity index (χ3v) is 4.06. The Labute approximate surface area is 100 Å². The van der Waals surface area contributed by atoms with E-state index >= 15 is 0 Å². The van der Waals surface area contributed by atoms with Crippen molar-refractivity contribution < 1.29 is 4.79 Å². The van der Waals surface area contributed by atoms with Crippen LogP contribution in [0.3, 0.4) is 0 Å². The topological polar surface area (TPSA) is 33.2 Å². The van der Waals surface area contributed by atoms with Crippen molar-refractivity contribution >= 4 is 17.2 Å². The maximum absolute atomic E-state index is 12.2. The van der Waals surface area contributed by atoms with Crippen LogP contribution in [0.15, 0.2) is 0 Å². The maximum atomic E-state index is 12.2. The number of nitrogens with zero attached hydrogens (tertiary/aromatic N) is 2. The molecule has 0 unspecified atom stereocenters. The Morgan fingerprint density at radius 3 is 2.50 bits per heavy atom. The Balaban J connectivity index is 2.10. The van der Waals surface area contributed by atoms with Crippen LogP contribution >= 0.6 is 11.3 Å². The summed E-state index contributed by atoms with van der Waals surface area (Å²) in [4.78, 5) is 19.5. The molecule has 1 fully saturated rings. The summed E-state index contributed by atoms with van der Waals surface area (Å²) in [6.45, 7) is 7.95. The van der Waals surface area contributed by atoms with Gasteiger partial charge in [-0.1, -0.05) is 6.92 Å². The fourth-order valence-electron chi connectivity index (χ4n) is 2.09. The Hall–Kier alpha value is -0.900. The number of hydrogen-bond donors (Lipinski definition) is 0. The van der Waals surface area contributed by atoms with Gasteiger partial charge in [0.25, 0.3) is 5.91 Å². The van der Waals surface area contributed by atoms with Crippen LogP contribution in [0.2, 0.25) is 0 Å². The lowest BCUT2D eigenvalue weighted by molar-refractivity contribution is 0.0691. The highest BCUT2D eigenvalue weighted by Crippen LogP contribution is 2.21. The van der Waals surface area contributed by atoms with Crippen LogP contribution in [-0.4, -0.2) is 28.9 Å². The molecule has 2 rings (SSSR count). The van der Waals surface area contributed by atoms with Crippen LogP contribution in [0.1, 0.15) is 40.1 Å². The van der Waals surface area contributed by atoms with Gasteiger partial charge in [-0.15, -0.1) is 11.3 Å². The molecule has 16 heavy (non-hydrogen) atoms. The van der Waals surface area contributed by atoms with Crippen LogP contribution in [0.5, 0.6) is 0 Å². The third-order valence-electron chi connectivity index (χ3n) is 3.18. The van der Waals surface area contributed by atoms with E-state index in [1.807, 2.05) is 18.7 Å². The first-order chi connectivity index (χ1) is 7.58. The number of thiazole rings is 1. The molecule has 4 heteroatoms. The molecule has 0 aromatic carbocycles. The summed E-state index contributed by atoms with van der Waals surface area (Å²) in [5.41, 5.74) is 0.664. The molecule has 0 N–H and O–H groups in total. The number of aryl methyl sites for hydroxylation is 2. The first-order valence-electron chi connectivity index (χ1n) is 5.81. The lowest BCUT2D eigenvalue weighted by Crippen LogP contribution is -2.38. The zero-order valence-corrected chi connectivity index (χ0v) is 10.9. The minimum atomic E-state index is 0.119. The summed E-state index contributed by atoms with van der Waals surface area (Å²) in [6.07, 6.45) is 2.24. The van der Waals surface area contributed by atoms with E-state index in [4.69, 9.17) is 0 Å². The molecule has 1 aliphatic rings. The van der Waals surface area contributed by atoms with E-state index in [0.717, 1.165) is 41.7 Å². The largest absolute Gasteiger partial charge is 0.337 e. The second-order valence-corrected chi connectivity index (χ2v) is 6.02. The van der Waals surface area contributed by atoms with Gasteiger partial charge in [-0.2, -0.15) is 0 Å². The molecule has 1 aliphatic heterocycles. The summed E-state index contributed by atoms with van der Waals surface area (Å²) < 4.78 is 0. The van der Waals surface area contributed by atoms with Crippen LogP contribution in [0, 0.1) is 19.8 Å². The molecular formula is C12H18N2OS. The molecule has 0 spiro atoms. The molecule has 0 aliphatic carbocycles. The van der Waals surface area contributed by atoms with E-state index in [9.17, 15) is 4.79 Å². The average molecular weight is 238 g/mol. The summed E-state index contributed by atoms with van der Waals surface area (Å²) in [5, 5.41) is 0.978. The first kappa shape index (κ1) is 11.6. The van der Waals surface area contributed by atoms with Crippen LogP contribution in [-0.2, 0) is 0 Å². The number of hydrogen-bond acceptors (Lipinski definition) is 3.